The Labute approximate surface area is 80.2 Å². The Balaban J connectivity index is 2.54. The zero-order valence-corrected chi connectivity index (χ0v) is 8.29. The van der Waals surface area contributed by atoms with Crippen LogP contribution in [0.2, 0.25) is 0 Å². The van der Waals surface area contributed by atoms with Gasteiger partial charge in [-0.1, -0.05) is 18.2 Å². The topological polar surface area (TPSA) is 18.5 Å². The molecular weight excluding hydrogens is 164 g/mol. The molecule has 1 rings (SSSR count). The van der Waals surface area contributed by atoms with Crippen LogP contribution in [0.5, 0.6) is 0 Å². The summed E-state index contributed by atoms with van der Waals surface area (Å²) in [5.74, 6) is 0. The molecule has 0 aromatic heterocycles. The molecule has 0 aromatic rings. The van der Waals surface area contributed by atoms with Gasteiger partial charge in [0.15, 0.2) is 0 Å². The Hall–Kier alpha value is -0.600. The zero-order valence-electron chi connectivity index (χ0n) is 8.29. The van der Waals surface area contributed by atoms with E-state index in [-0.39, 0.29) is 5.60 Å². The molecule has 0 N–H and O–H groups in total. The molecule has 1 fully saturated rings. The molecule has 0 radical (unpaired) electrons. The molecule has 2 heteroatoms. The van der Waals surface area contributed by atoms with Crippen LogP contribution in [-0.4, -0.2) is 25.4 Å². The van der Waals surface area contributed by atoms with Gasteiger partial charge in [0.1, 0.15) is 0 Å². The fourth-order valence-corrected chi connectivity index (χ4v) is 1.53. The van der Waals surface area contributed by atoms with E-state index in [0.29, 0.717) is 19.8 Å². The van der Waals surface area contributed by atoms with E-state index in [1.807, 2.05) is 19.1 Å². The lowest BCUT2D eigenvalue weighted by Crippen LogP contribution is -2.42. The van der Waals surface area contributed by atoms with Gasteiger partial charge in [-0.2, -0.15) is 0 Å². The molecule has 0 amide bonds. The van der Waals surface area contributed by atoms with Crippen molar-refractivity contribution in [2.24, 2.45) is 0 Å². The van der Waals surface area contributed by atoms with Crippen molar-refractivity contribution in [1.29, 1.82) is 0 Å². The first-order valence-corrected chi connectivity index (χ1v) is 4.77. The molecule has 0 aromatic carbocycles. The Morgan fingerprint density at radius 2 is 2.23 bits per heavy atom. The lowest BCUT2D eigenvalue weighted by molar-refractivity contribution is -0.153. The van der Waals surface area contributed by atoms with Gasteiger partial charge < -0.3 is 9.47 Å². The van der Waals surface area contributed by atoms with Crippen molar-refractivity contribution >= 4 is 0 Å². The summed E-state index contributed by atoms with van der Waals surface area (Å²) in [6, 6.07) is 0. The Morgan fingerprint density at radius 3 is 2.77 bits per heavy atom. The summed E-state index contributed by atoms with van der Waals surface area (Å²) in [7, 11) is 0. The fraction of sp³-hybridized carbons (Fsp3) is 0.636. The SMILES string of the molecule is C=CCC1(C/C=C/C)COCCO1. The third kappa shape index (κ3) is 2.98. The molecule has 1 saturated heterocycles. The maximum atomic E-state index is 5.76. The highest BCUT2D eigenvalue weighted by Crippen LogP contribution is 2.25. The van der Waals surface area contributed by atoms with E-state index in [2.05, 4.69) is 12.7 Å². The van der Waals surface area contributed by atoms with Crippen LogP contribution >= 0.6 is 0 Å². The van der Waals surface area contributed by atoms with Gasteiger partial charge in [-0.25, -0.2) is 0 Å². The molecular formula is C11H18O2. The van der Waals surface area contributed by atoms with Gasteiger partial charge in [0.2, 0.25) is 0 Å². The molecule has 0 bridgehead atoms. The third-order valence-corrected chi connectivity index (χ3v) is 2.24. The molecule has 74 valence electrons. The van der Waals surface area contributed by atoms with Gasteiger partial charge in [-0.15, -0.1) is 6.58 Å². The van der Waals surface area contributed by atoms with Crippen LogP contribution in [0, 0.1) is 0 Å². The second kappa shape index (κ2) is 5.20. The van der Waals surface area contributed by atoms with Gasteiger partial charge in [-0.05, 0) is 19.8 Å². The summed E-state index contributed by atoms with van der Waals surface area (Å²) in [5, 5.41) is 0. The van der Waals surface area contributed by atoms with E-state index >= 15 is 0 Å². The van der Waals surface area contributed by atoms with E-state index < -0.39 is 0 Å². The van der Waals surface area contributed by atoms with E-state index in [0.717, 1.165) is 12.8 Å². The van der Waals surface area contributed by atoms with Crippen molar-refractivity contribution in [2.75, 3.05) is 19.8 Å². The van der Waals surface area contributed by atoms with E-state index in [4.69, 9.17) is 9.47 Å². The van der Waals surface area contributed by atoms with Gasteiger partial charge in [0, 0.05) is 0 Å². The monoisotopic (exact) mass is 182 g/mol. The second-order valence-corrected chi connectivity index (χ2v) is 3.35. The van der Waals surface area contributed by atoms with Crippen LogP contribution in [0.25, 0.3) is 0 Å². The van der Waals surface area contributed by atoms with E-state index in [9.17, 15) is 0 Å². The molecule has 0 saturated carbocycles. The Kier molecular flexibility index (Phi) is 4.19. The zero-order chi connectivity index (χ0) is 9.57. The van der Waals surface area contributed by atoms with Crippen LogP contribution in [0.4, 0.5) is 0 Å². The molecule has 1 unspecified atom stereocenters. The van der Waals surface area contributed by atoms with Crippen molar-refractivity contribution in [2.45, 2.75) is 25.4 Å². The van der Waals surface area contributed by atoms with Crippen LogP contribution < -0.4 is 0 Å². The molecule has 1 atom stereocenters. The summed E-state index contributed by atoms with van der Waals surface area (Å²) in [6.45, 7) is 7.87. The largest absolute Gasteiger partial charge is 0.376 e. The lowest BCUT2D eigenvalue weighted by Gasteiger charge is -2.35. The summed E-state index contributed by atoms with van der Waals surface area (Å²) >= 11 is 0. The van der Waals surface area contributed by atoms with Crippen molar-refractivity contribution in [1.82, 2.24) is 0 Å². The first kappa shape index (κ1) is 10.5. The predicted molar refractivity (Wildman–Crippen MR) is 53.7 cm³/mol. The minimum Gasteiger partial charge on any atom is -0.376 e. The van der Waals surface area contributed by atoms with E-state index in [1.165, 1.54) is 0 Å². The van der Waals surface area contributed by atoms with Gasteiger partial charge >= 0.3 is 0 Å². The minimum atomic E-state index is -0.146. The highest BCUT2D eigenvalue weighted by molar-refractivity contribution is 4.96. The number of hydrogen-bond acceptors (Lipinski definition) is 2. The van der Waals surface area contributed by atoms with Crippen molar-refractivity contribution in [3.8, 4) is 0 Å². The van der Waals surface area contributed by atoms with Crippen LogP contribution in [0.1, 0.15) is 19.8 Å². The second-order valence-electron chi connectivity index (χ2n) is 3.35. The van der Waals surface area contributed by atoms with Gasteiger partial charge in [0.25, 0.3) is 0 Å². The number of hydrogen-bond donors (Lipinski definition) is 0. The summed E-state index contributed by atoms with van der Waals surface area (Å²) in [6.07, 6.45) is 7.84. The molecule has 13 heavy (non-hydrogen) atoms. The average molecular weight is 182 g/mol. The van der Waals surface area contributed by atoms with Crippen LogP contribution in [0.15, 0.2) is 24.8 Å². The predicted octanol–water partition coefficient (Wildman–Crippen LogP) is 2.31. The maximum absolute atomic E-state index is 5.76. The average Bonchev–Trinajstić information content (AvgIpc) is 2.17. The fourth-order valence-electron chi connectivity index (χ4n) is 1.53. The third-order valence-electron chi connectivity index (χ3n) is 2.24. The van der Waals surface area contributed by atoms with Crippen molar-refractivity contribution in [3.63, 3.8) is 0 Å². The van der Waals surface area contributed by atoms with Crippen molar-refractivity contribution in [3.05, 3.63) is 24.8 Å². The summed E-state index contributed by atoms with van der Waals surface area (Å²) in [5.41, 5.74) is -0.146. The maximum Gasteiger partial charge on any atom is 0.0984 e. The standard InChI is InChI=1S/C11H18O2/c1-3-5-7-11(6-4-2)10-12-8-9-13-11/h3-5H,2,6-10H2,1H3/b5-3+. The summed E-state index contributed by atoms with van der Waals surface area (Å²) < 4.78 is 11.2. The number of rotatable bonds is 4. The van der Waals surface area contributed by atoms with Crippen LogP contribution in [0.3, 0.4) is 0 Å². The highest BCUT2D eigenvalue weighted by Gasteiger charge is 2.31. The number of allylic oxidation sites excluding steroid dienone is 1. The molecule has 1 aliphatic rings. The molecule has 2 nitrogen and oxygen atoms in total. The smallest absolute Gasteiger partial charge is 0.0984 e. The van der Waals surface area contributed by atoms with Crippen LogP contribution in [-0.2, 0) is 9.47 Å². The molecule has 1 aliphatic heterocycles. The normalized spacial score (nSPS) is 29.3. The van der Waals surface area contributed by atoms with Gasteiger partial charge in [-0.3, -0.25) is 0 Å². The quantitative estimate of drug-likeness (QED) is 0.621. The first-order valence-electron chi connectivity index (χ1n) is 4.77. The van der Waals surface area contributed by atoms with Crippen molar-refractivity contribution < 1.29 is 9.47 Å². The number of ether oxygens (including phenoxy) is 2. The molecule has 1 heterocycles. The first-order chi connectivity index (χ1) is 6.33. The molecule has 0 aliphatic carbocycles. The minimum absolute atomic E-state index is 0.146. The van der Waals surface area contributed by atoms with E-state index in [1.54, 1.807) is 0 Å². The highest BCUT2D eigenvalue weighted by atomic mass is 16.6. The molecule has 0 spiro atoms. The van der Waals surface area contributed by atoms with Gasteiger partial charge in [0.05, 0.1) is 25.4 Å². The lowest BCUT2D eigenvalue weighted by atomic mass is 9.95. The summed E-state index contributed by atoms with van der Waals surface area (Å²) in [4.78, 5) is 0. The Morgan fingerprint density at radius 1 is 1.38 bits per heavy atom. The Bertz CT molecular complexity index is 179.